The lowest BCUT2D eigenvalue weighted by Gasteiger charge is -2.06. The van der Waals surface area contributed by atoms with E-state index in [0.717, 1.165) is 21.8 Å². The van der Waals surface area contributed by atoms with Gasteiger partial charge >= 0.3 is 0 Å². The minimum atomic E-state index is -0.368. The van der Waals surface area contributed by atoms with Gasteiger partial charge in [-0.1, -0.05) is 18.2 Å². The smallest absolute Gasteiger partial charge is 0.291 e. The van der Waals surface area contributed by atoms with Gasteiger partial charge in [0.05, 0.1) is 30.0 Å². The van der Waals surface area contributed by atoms with Gasteiger partial charge in [-0.15, -0.1) is 0 Å². The third kappa shape index (κ3) is 3.13. The number of rotatable bonds is 4. The zero-order valence-corrected chi connectivity index (χ0v) is 17.5. The predicted molar refractivity (Wildman–Crippen MR) is 122 cm³/mol. The molecule has 0 aliphatic rings. The lowest BCUT2D eigenvalue weighted by molar-refractivity contribution is 0.465. The highest BCUT2D eigenvalue weighted by Crippen LogP contribution is 2.30. The number of aryl methyl sites for hydroxylation is 1. The minimum Gasteiger partial charge on any atom is -0.439 e. The Bertz CT molecular complexity index is 1730. The average molecular weight is 440 g/mol. The van der Waals surface area contributed by atoms with E-state index in [1.165, 1.54) is 10.7 Å². The highest BCUT2D eigenvalue weighted by Gasteiger charge is 2.16. The molecule has 0 aliphatic carbocycles. The summed E-state index contributed by atoms with van der Waals surface area (Å²) < 4.78 is 23.1. The molecule has 162 valence electrons. The van der Waals surface area contributed by atoms with Crippen molar-refractivity contribution in [1.82, 2.24) is 29.5 Å². The summed E-state index contributed by atoms with van der Waals surface area (Å²) in [7, 11) is 1.82. The fourth-order valence-electron chi connectivity index (χ4n) is 4.09. The zero-order valence-electron chi connectivity index (χ0n) is 17.5. The van der Waals surface area contributed by atoms with Crippen LogP contribution >= 0.6 is 0 Å². The van der Waals surface area contributed by atoms with Crippen LogP contribution in [-0.2, 0) is 13.6 Å². The van der Waals surface area contributed by atoms with E-state index in [4.69, 9.17) is 4.74 Å². The van der Waals surface area contributed by atoms with E-state index in [9.17, 15) is 9.18 Å². The largest absolute Gasteiger partial charge is 0.439 e. The summed E-state index contributed by atoms with van der Waals surface area (Å²) in [6.07, 6.45) is 3.28. The van der Waals surface area contributed by atoms with Crippen molar-refractivity contribution in [1.29, 1.82) is 0 Å². The van der Waals surface area contributed by atoms with Gasteiger partial charge in [-0.25, -0.2) is 14.1 Å². The van der Waals surface area contributed by atoms with Crippen molar-refractivity contribution < 1.29 is 9.13 Å². The molecule has 2 aromatic carbocycles. The van der Waals surface area contributed by atoms with Crippen LogP contribution < -0.4 is 10.3 Å². The van der Waals surface area contributed by atoms with Crippen LogP contribution in [0.25, 0.3) is 32.8 Å². The standard InChI is InChI=1S/C24H17FN6O2/c1-30-21-10-15(33-22-9-8-19-20(28-22)12-26-29-19)6-7-16(21)17-11-27-31(24(32)23(17)30)13-14-4-2-3-5-18(14)25/h2-12H,13H2,1H3,(H,26,29). The van der Waals surface area contributed by atoms with E-state index in [-0.39, 0.29) is 17.9 Å². The maximum absolute atomic E-state index is 14.1. The number of pyridine rings is 1. The molecule has 0 spiro atoms. The third-order valence-electron chi connectivity index (χ3n) is 5.75. The molecular weight excluding hydrogens is 423 g/mol. The molecule has 0 unspecified atom stereocenters. The Morgan fingerprint density at radius 3 is 2.82 bits per heavy atom. The van der Waals surface area contributed by atoms with Crippen LogP contribution in [0.2, 0.25) is 0 Å². The Morgan fingerprint density at radius 1 is 1.06 bits per heavy atom. The molecular formula is C24H17FN6O2. The summed E-state index contributed by atoms with van der Waals surface area (Å²) in [5.74, 6) is 0.659. The summed E-state index contributed by atoms with van der Waals surface area (Å²) in [6.45, 7) is 0.0551. The molecule has 4 aromatic heterocycles. The number of nitrogens with one attached hydrogen (secondary N) is 1. The van der Waals surface area contributed by atoms with Gasteiger partial charge in [0.25, 0.3) is 5.56 Å². The van der Waals surface area contributed by atoms with Crippen molar-refractivity contribution in [2.75, 3.05) is 0 Å². The first-order chi connectivity index (χ1) is 16.1. The van der Waals surface area contributed by atoms with E-state index in [0.29, 0.717) is 28.2 Å². The number of halogens is 1. The van der Waals surface area contributed by atoms with Crippen molar-refractivity contribution in [2.45, 2.75) is 6.54 Å². The molecule has 0 aliphatic heterocycles. The van der Waals surface area contributed by atoms with E-state index >= 15 is 0 Å². The van der Waals surface area contributed by atoms with Crippen LogP contribution in [-0.4, -0.2) is 29.5 Å². The van der Waals surface area contributed by atoms with Gasteiger partial charge in [0.15, 0.2) is 0 Å². The monoisotopic (exact) mass is 440 g/mol. The molecule has 0 radical (unpaired) electrons. The van der Waals surface area contributed by atoms with Crippen molar-refractivity contribution in [3.63, 3.8) is 0 Å². The maximum atomic E-state index is 14.1. The Kier molecular flexibility index (Phi) is 4.22. The molecule has 0 saturated carbocycles. The summed E-state index contributed by atoms with van der Waals surface area (Å²) in [5, 5.41) is 12.7. The Balaban J connectivity index is 1.42. The highest BCUT2D eigenvalue weighted by atomic mass is 19.1. The van der Waals surface area contributed by atoms with E-state index in [2.05, 4.69) is 20.3 Å². The third-order valence-corrected chi connectivity index (χ3v) is 5.75. The normalized spacial score (nSPS) is 11.6. The van der Waals surface area contributed by atoms with Crippen molar-refractivity contribution in [2.24, 2.45) is 7.05 Å². The molecule has 9 heteroatoms. The predicted octanol–water partition coefficient (Wildman–Crippen LogP) is 4.14. The van der Waals surface area contributed by atoms with Crippen LogP contribution in [0.15, 0.2) is 71.8 Å². The summed E-state index contributed by atoms with van der Waals surface area (Å²) in [5.41, 5.74) is 2.96. The number of ether oxygens (including phenoxy) is 1. The molecule has 0 amide bonds. The fraction of sp³-hybridized carbons (Fsp3) is 0.0833. The first kappa shape index (κ1) is 19.2. The van der Waals surface area contributed by atoms with Crippen LogP contribution in [0.5, 0.6) is 11.6 Å². The van der Waals surface area contributed by atoms with E-state index in [1.54, 1.807) is 36.7 Å². The molecule has 4 heterocycles. The van der Waals surface area contributed by atoms with Crippen LogP contribution in [0.3, 0.4) is 0 Å². The lowest BCUT2D eigenvalue weighted by atomic mass is 10.2. The molecule has 0 atom stereocenters. The Hall–Kier alpha value is -4.53. The number of aromatic amines is 1. The van der Waals surface area contributed by atoms with Gasteiger partial charge in [0.2, 0.25) is 5.88 Å². The van der Waals surface area contributed by atoms with Crippen LogP contribution in [0, 0.1) is 5.82 Å². The Morgan fingerprint density at radius 2 is 1.94 bits per heavy atom. The molecule has 6 aromatic rings. The quantitative estimate of drug-likeness (QED) is 0.445. The van der Waals surface area contributed by atoms with Crippen LogP contribution in [0.1, 0.15) is 5.56 Å². The number of hydrogen-bond acceptors (Lipinski definition) is 5. The minimum absolute atomic E-state index is 0.0551. The second kappa shape index (κ2) is 7.27. The summed E-state index contributed by atoms with van der Waals surface area (Å²) in [6, 6.07) is 15.6. The zero-order chi connectivity index (χ0) is 22.5. The second-order valence-electron chi connectivity index (χ2n) is 7.75. The molecule has 8 nitrogen and oxygen atoms in total. The van der Waals surface area contributed by atoms with Gasteiger partial charge < -0.3 is 9.30 Å². The second-order valence-corrected chi connectivity index (χ2v) is 7.75. The molecule has 0 bridgehead atoms. The first-order valence-corrected chi connectivity index (χ1v) is 10.3. The fourth-order valence-corrected chi connectivity index (χ4v) is 4.09. The van der Waals surface area contributed by atoms with Gasteiger partial charge in [-0.05, 0) is 24.3 Å². The van der Waals surface area contributed by atoms with Gasteiger partial charge in [0.1, 0.15) is 22.6 Å². The summed E-state index contributed by atoms with van der Waals surface area (Å²) in [4.78, 5) is 17.6. The number of aromatic nitrogens is 6. The lowest BCUT2D eigenvalue weighted by Crippen LogP contribution is -2.24. The molecule has 6 rings (SSSR count). The van der Waals surface area contributed by atoms with Crippen LogP contribution in [0.4, 0.5) is 4.39 Å². The van der Waals surface area contributed by atoms with Gasteiger partial charge in [0, 0.05) is 35.5 Å². The molecule has 1 N–H and O–H groups in total. The number of benzene rings is 2. The topological polar surface area (TPSA) is 90.6 Å². The SMILES string of the molecule is Cn1c2cc(Oc3ccc4[nH]ncc4n3)ccc2c2cnn(Cc3ccccc3F)c(=O)c21. The molecule has 0 saturated heterocycles. The number of nitrogens with zero attached hydrogens (tertiary/aromatic N) is 5. The molecule has 33 heavy (non-hydrogen) atoms. The van der Waals surface area contributed by atoms with E-state index < -0.39 is 0 Å². The number of fused-ring (bicyclic) bond motifs is 4. The summed E-state index contributed by atoms with van der Waals surface area (Å²) >= 11 is 0. The van der Waals surface area contributed by atoms with E-state index in [1.807, 2.05) is 35.9 Å². The average Bonchev–Trinajstić information content (AvgIpc) is 3.39. The Labute approximate surface area is 185 Å². The van der Waals surface area contributed by atoms with Crippen molar-refractivity contribution in [3.8, 4) is 11.6 Å². The highest BCUT2D eigenvalue weighted by molar-refractivity contribution is 6.07. The number of H-pyrrole nitrogens is 1. The first-order valence-electron chi connectivity index (χ1n) is 10.3. The maximum Gasteiger partial charge on any atom is 0.291 e. The van der Waals surface area contributed by atoms with Crippen molar-refractivity contribution in [3.05, 3.63) is 88.7 Å². The number of hydrogen-bond donors (Lipinski definition) is 1. The van der Waals surface area contributed by atoms with Crippen molar-refractivity contribution >= 4 is 32.8 Å². The van der Waals surface area contributed by atoms with Gasteiger partial charge in [-0.3, -0.25) is 9.89 Å². The molecule has 0 fully saturated rings. The van der Waals surface area contributed by atoms with Gasteiger partial charge in [-0.2, -0.15) is 10.2 Å².